The first-order valence-corrected chi connectivity index (χ1v) is 7.19. The molecule has 2 aromatic rings. The van der Waals surface area contributed by atoms with Gasteiger partial charge in [-0.1, -0.05) is 31.5 Å². The van der Waals surface area contributed by atoms with Crippen LogP contribution in [0, 0.1) is 19.3 Å². The number of ketones is 1. The van der Waals surface area contributed by atoms with Crippen LogP contribution >= 0.6 is 0 Å². The van der Waals surface area contributed by atoms with E-state index in [4.69, 9.17) is 0 Å². The number of nitrogens with zero attached hydrogens (tertiary/aromatic N) is 1. The molecule has 0 spiro atoms. The van der Waals surface area contributed by atoms with Crippen LogP contribution in [-0.4, -0.2) is 10.4 Å². The van der Waals surface area contributed by atoms with E-state index in [2.05, 4.69) is 56.5 Å². The Morgan fingerprint density at radius 3 is 2.35 bits per heavy atom. The lowest BCUT2D eigenvalue weighted by atomic mass is 9.76. The minimum atomic E-state index is 0.0529. The van der Waals surface area contributed by atoms with E-state index in [1.54, 1.807) is 0 Å². The van der Waals surface area contributed by atoms with E-state index in [-0.39, 0.29) is 11.2 Å². The van der Waals surface area contributed by atoms with Gasteiger partial charge in [-0.15, -0.1) is 0 Å². The van der Waals surface area contributed by atoms with Crippen LogP contribution < -0.4 is 0 Å². The number of Topliss-reactive ketones (excluding diaryl/α,β-unsaturated/α-hetero) is 1. The van der Waals surface area contributed by atoms with Gasteiger partial charge in [0.2, 0.25) is 0 Å². The number of rotatable bonds is 1. The normalized spacial score (nSPS) is 17.1. The molecular weight excluding hydrogens is 246 g/mol. The minimum Gasteiger partial charge on any atom is -0.317 e. The number of aromatic nitrogens is 1. The summed E-state index contributed by atoms with van der Waals surface area (Å²) in [5, 5.41) is 0. The number of carbonyl (C=O) groups excluding carboxylic acids is 1. The highest BCUT2D eigenvalue weighted by Gasteiger charge is 2.34. The summed E-state index contributed by atoms with van der Waals surface area (Å²) in [7, 11) is 0. The molecule has 0 atom stereocenters. The quantitative estimate of drug-likeness (QED) is 0.757. The molecule has 0 unspecified atom stereocenters. The second-order valence-electron chi connectivity index (χ2n) is 6.76. The number of hydrogen-bond donors (Lipinski definition) is 0. The zero-order valence-electron chi connectivity index (χ0n) is 12.7. The molecule has 0 saturated heterocycles. The van der Waals surface area contributed by atoms with E-state index in [0.29, 0.717) is 6.42 Å². The Kier molecular flexibility index (Phi) is 2.86. The maximum Gasteiger partial charge on any atom is 0.165 e. The largest absolute Gasteiger partial charge is 0.317 e. The van der Waals surface area contributed by atoms with Crippen LogP contribution in [-0.2, 0) is 6.42 Å². The summed E-state index contributed by atoms with van der Waals surface area (Å²) in [4.78, 5) is 12.3. The van der Waals surface area contributed by atoms with E-state index in [9.17, 15) is 4.79 Å². The molecule has 104 valence electrons. The molecule has 1 aliphatic carbocycles. The van der Waals surface area contributed by atoms with Gasteiger partial charge in [0.25, 0.3) is 0 Å². The smallest absolute Gasteiger partial charge is 0.165 e. The van der Waals surface area contributed by atoms with Gasteiger partial charge in [-0.3, -0.25) is 4.79 Å². The summed E-state index contributed by atoms with van der Waals surface area (Å²) in [6.07, 6.45) is 1.60. The van der Waals surface area contributed by atoms with Crippen LogP contribution in [0.4, 0.5) is 0 Å². The molecule has 0 bridgehead atoms. The first kappa shape index (κ1) is 13.2. The predicted molar refractivity (Wildman–Crippen MR) is 81.7 cm³/mol. The molecule has 2 heteroatoms. The maximum absolute atomic E-state index is 12.3. The monoisotopic (exact) mass is 267 g/mol. The number of aryl methyl sites for hydroxylation is 2. The Morgan fingerprint density at radius 1 is 1.05 bits per heavy atom. The van der Waals surface area contributed by atoms with Gasteiger partial charge in [-0.05, 0) is 43.9 Å². The van der Waals surface area contributed by atoms with Crippen LogP contribution in [0.2, 0.25) is 0 Å². The van der Waals surface area contributed by atoms with E-state index in [1.165, 1.54) is 11.3 Å². The van der Waals surface area contributed by atoms with Gasteiger partial charge in [-0.25, -0.2) is 0 Å². The molecule has 1 heterocycles. The highest BCUT2D eigenvalue weighted by Crippen LogP contribution is 2.37. The molecule has 2 nitrogen and oxygen atoms in total. The highest BCUT2D eigenvalue weighted by molar-refractivity contribution is 5.99. The number of fused-ring (bicyclic) bond motifs is 1. The SMILES string of the molecule is Cc1ccc(-n2c(C)cc3c2CC(C)(C)CC3=O)cc1. The third-order valence-electron chi connectivity index (χ3n) is 4.16. The van der Waals surface area contributed by atoms with Crippen molar-refractivity contribution in [3.8, 4) is 5.69 Å². The third-order valence-corrected chi connectivity index (χ3v) is 4.16. The van der Waals surface area contributed by atoms with Crippen LogP contribution in [0.25, 0.3) is 5.69 Å². The van der Waals surface area contributed by atoms with Gasteiger partial charge in [0.05, 0.1) is 0 Å². The summed E-state index contributed by atoms with van der Waals surface area (Å²) in [6, 6.07) is 10.6. The standard InChI is InChI=1S/C18H21NO/c1-12-5-7-14(8-6-12)19-13(2)9-15-16(19)10-18(3,4)11-17(15)20/h5-9H,10-11H2,1-4H3. The second-order valence-corrected chi connectivity index (χ2v) is 6.76. The minimum absolute atomic E-state index is 0.0529. The molecular formula is C18H21NO. The Bertz CT molecular complexity index is 674. The molecule has 3 rings (SSSR count). The van der Waals surface area contributed by atoms with Gasteiger partial charge < -0.3 is 4.57 Å². The number of carbonyl (C=O) groups is 1. The van der Waals surface area contributed by atoms with Crippen LogP contribution in [0.1, 0.15) is 47.6 Å². The van der Waals surface area contributed by atoms with Crippen LogP contribution in [0.15, 0.2) is 30.3 Å². The zero-order chi connectivity index (χ0) is 14.5. The fourth-order valence-corrected chi connectivity index (χ4v) is 3.20. The van der Waals surface area contributed by atoms with Gasteiger partial charge >= 0.3 is 0 Å². The Balaban J connectivity index is 2.18. The lowest BCUT2D eigenvalue weighted by molar-refractivity contribution is 0.0911. The lowest BCUT2D eigenvalue weighted by Crippen LogP contribution is -2.27. The van der Waals surface area contributed by atoms with Crippen molar-refractivity contribution in [1.29, 1.82) is 0 Å². The molecule has 20 heavy (non-hydrogen) atoms. The zero-order valence-corrected chi connectivity index (χ0v) is 12.7. The Labute approximate surface area is 120 Å². The Hall–Kier alpha value is -1.83. The van der Waals surface area contributed by atoms with Crippen molar-refractivity contribution < 1.29 is 4.79 Å². The Morgan fingerprint density at radius 2 is 1.70 bits per heavy atom. The molecule has 0 N–H and O–H groups in total. The van der Waals surface area contributed by atoms with Gasteiger partial charge in [0.1, 0.15) is 0 Å². The molecule has 1 aromatic carbocycles. The van der Waals surface area contributed by atoms with E-state index >= 15 is 0 Å². The topological polar surface area (TPSA) is 22.0 Å². The van der Waals surface area contributed by atoms with Crippen molar-refractivity contribution >= 4 is 5.78 Å². The first-order valence-electron chi connectivity index (χ1n) is 7.19. The van der Waals surface area contributed by atoms with Crippen molar-refractivity contribution in [2.24, 2.45) is 5.41 Å². The van der Waals surface area contributed by atoms with Crippen molar-refractivity contribution in [1.82, 2.24) is 4.57 Å². The summed E-state index contributed by atoms with van der Waals surface area (Å²) in [5.74, 6) is 0.283. The van der Waals surface area contributed by atoms with Gasteiger partial charge in [0, 0.05) is 29.1 Å². The average molecular weight is 267 g/mol. The van der Waals surface area contributed by atoms with E-state index < -0.39 is 0 Å². The van der Waals surface area contributed by atoms with Crippen LogP contribution in [0.5, 0.6) is 0 Å². The number of benzene rings is 1. The molecule has 0 amide bonds. The summed E-state index contributed by atoms with van der Waals surface area (Å²) in [6.45, 7) is 8.53. The average Bonchev–Trinajstić information content (AvgIpc) is 2.66. The highest BCUT2D eigenvalue weighted by atomic mass is 16.1. The predicted octanol–water partition coefficient (Wildman–Crippen LogP) is 4.25. The third kappa shape index (κ3) is 2.09. The molecule has 0 aliphatic heterocycles. The summed E-state index contributed by atoms with van der Waals surface area (Å²) in [5.41, 5.74) is 5.70. The molecule has 0 saturated carbocycles. The summed E-state index contributed by atoms with van der Waals surface area (Å²) < 4.78 is 2.24. The fraction of sp³-hybridized carbons (Fsp3) is 0.389. The molecule has 0 radical (unpaired) electrons. The van der Waals surface area contributed by atoms with E-state index in [1.807, 2.05) is 6.07 Å². The van der Waals surface area contributed by atoms with Gasteiger partial charge in [-0.2, -0.15) is 0 Å². The van der Waals surface area contributed by atoms with Gasteiger partial charge in [0.15, 0.2) is 5.78 Å². The van der Waals surface area contributed by atoms with E-state index in [0.717, 1.165) is 23.4 Å². The first-order chi connectivity index (χ1) is 9.37. The fourth-order valence-electron chi connectivity index (χ4n) is 3.20. The van der Waals surface area contributed by atoms with Crippen molar-refractivity contribution in [3.05, 3.63) is 52.8 Å². The van der Waals surface area contributed by atoms with Crippen molar-refractivity contribution in [2.45, 2.75) is 40.5 Å². The van der Waals surface area contributed by atoms with Crippen LogP contribution in [0.3, 0.4) is 0 Å². The maximum atomic E-state index is 12.3. The van der Waals surface area contributed by atoms with Crippen molar-refractivity contribution in [3.63, 3.8) is 0 Å². The number of hydrogen-bond acceptors (Lipinski definition) is 1. The lowest BCUT2D eigenvalue weighted by Gasteiger charge is -2.29. The summed E-state index contributed by atoms with van der Waals surface area (Å²) >= 11 is 0. The second kappa shape index (κ2) is 4.34. The molecule has 1 aromatic heterocycles. The molecule has 0 fully saturated rings. The molecule has 1 aliphatic rings. The van der Waals surface area contributed by atoms with Crippen molar-refractivity contribution in [2.75, 3.05) is 0 Å².